The zero-order valence-corrected chi connectivity index (χ0v) is 12.5. The molecular formula is C12H17IN2O2. The van der Waals surface area contributed by atoms with E-state index >= 15 is 0 Å². The van der Waals surface area contributed by atoms with Crippen LogP contribution in [-0.2, 0) is 0 Å². The third kappa shape index (κ3) is 3.31. The van der Waals surface area contributed by atoms with Crippen molar-refractivity contribution in [2.45, 2.75) is 33.2 Å². The van der Waals surface area contributed by atoms with E-state index in [-0.39, 0.29) is 10.6 Å². The molecule has 0 aliphatic heterocycles. The zero-order valence-electron chi connectivity index (χ0n) is 10.3. The Labute approximate surface area is 115 Å². The molecule has 0 radical (unpaired) electrons. The molecule has 0 aliphatic carbocycles. The largest absolute Gasteiger partial charge is 0.369 e. The summed E-state index contributed by atoms with van der Waals surface area (Å²) in [5.74, 6) is 0. The Morgan fingerprint density at radius 2 is 2.12 bits per heavy atom. The highest BCUT2D eigenvalue weighted by Gasteiger charge is 2.16. The molecule has 0 heterocycles. The van der Waals surface area contributed by atoms with E-state index in [1.165, 1.54) is 0 Å². The number of hydrogen-bond donors (Lipinski definition) is 0. The van der Waals surface area contributed by atoms with E-state index in [4.69, 9.17) is 0 Å². The van der Waals surface area contributed by atoms with Crippen LogP contribution >= 0.6 is 22.6 Å². The first-order valence-electron chi connectivity index (χ1n) is 5.71. The summed E-state index contributed by atoms with van der Waals surface area (Å²) in [7, 11) is 0. The molecule has 0 amide bonds. The molecule has 17 heavy (non-hydrogen) atoms. The average molecular weight is 348 g/mol. The van der Waals surface area contributed by atoms with Gasteiger partial charge in [-0.1, -0.05) is 6.92 Å². The molecule has 0 fully saturated rings. The number of rotatable bonds is 5. The molecule has 0 saturated heterocycles. The first-order chi connectivity index (χ1) is 8.01. The van der Waals surface area contributed by atoms with Crippen LogP contribution in [0.5, 0.6) is 0 Å². The van der Waals surface area contributed by atoms with Crippen LogP contribution in [0, 0.1) is 13.7 Å². The summed E-state index contributed by atoms with van der Waals surface area (Å²) >= 11 is 2.02. The molecule has 0 aromatic heterocycles. The van der Waals surface area contributed by atoms with Crippen LogP contribution in [0.1, 0.15) is 27.2 Å². The van der Waals surface area contributed by atoms with Crippen molar-refractivity contribution in [2.24, 2.45) is 0 Å². The van der Waals surface area contributed by atoms with Gasteiger partial charge in [0.1, 0.15) is 0 Å². The minimum Gasteiger partial charge on any atom is -0.369 e. The third-order valence-electron chi connectivity index (χ3n) is 2.92. The molecular weight excluding hydrogens is 331 g/mol. The summed E-state index contributed by atoms with van der Waals surface area (Å²) < 4.78 is 0.687. The molecule has 1 aromatic carbocycles. The van der Waals surface area contributed by atoms with Crippen molar-refractivity contribution >= 4 is 34.0 Å². The number of nitrogens with zero attached hydrogens (tertiary/aromatic N) is 2. The van der Waals surface area contributed by atoms with Crippen molar-refractivity contribution < 1.29 is 4.92 Å². The molecule has 5 heteroatoms. The van der Waals surface area contributed by atoms with Crippen molar-refractivity contribution in [3.8, 4) is 0 Å². The lowest BCUT2D eigenvalue weighted by Crippen LogP contribution is -2.32. The molecule has 4 nitrogen and oxygen atoms in total. The van der Waals surface area contributed by atoms with Gasteiger partial charge in [0.25, 0.3) is 5.69 Å². The van der Waals surface area contributed by atoms with E-state index in [9.17, 15) is 10.1 Å². The van der Waals surface area contributed by atoms with Gasteiger partial charge in [0, 0.05) is 24.3 Å². The van der Waals surface area contributed by atoms with E-state index in [1.807, 2.05) is 34.7 Å². The third-order valence-corrected chi connectivity index (χ3v) is 3.79. The minimum atomic E-state index is -0.342. The Kier molecular flexibility index (Phi) is 5.17. The van der Waals surface area contributed by atoms with Gasteiger partial charge in [0.05, 0.1) is 8.49 Å². The van der Waals surface area contributed by atoms with Gasteiger partial charge in [-0.05, 0) is 55.0 Å². The molecule has 0 bridgehead atoms. The predicted molar refractivity (Wildman–Crippen MR) is 78.6 cm³/mol. The van der Waals surface area contributed by atoms with Gasteiger partial charge in [-0.2, -0.15) is 0 Å². The van der Waals surface area contributed by atoms with Gasteiger partial charge in [0.15, 0.2) is 0 Å². The normalized spacial score (nSPS) is 12.2. The Balaban J connectivity index is 3.07. The van der Waals surface area contributed by atoms with Gasteiger partial charge < -0.3 is 4.90 Å². The summed E-state index contributed by atoms with van der Waals surface area (Å²) in [5.41, 5.74) is 1.23. The highest BCUT2D eigenvalue weighted by Crippen LogP contribution is 2.27. The fourth-order valence-corrected chi connectivity index (χ4v) is 2.49. The fourth-order valence-electron chi connectivity index (χ4n) is 1.79. The summed E-state index contributed by atoms with van der Waals surface area (Å²) in [6.07, 6.45) is 1.06. The van der Waals surface area contributed by atoms with Crippen LogP contribution in [0.25, 0.3) is 0 Å². The van der Waals surface area contributed by atoms with E-state index in [0.717, 1.165) is 18.7 Å². The Hall–Kier alpha value is -0.850. The first kappa shape index (κ1) is 14.2. The molecule has 0 saturated carbocycles. The van der Waals surface area contributed by atoms with Gasteiger partial charge in [-0.25, -0.2) is 0 Å². The van der Waals surface area contributed by atoms with Gasteiger partial charge in [0.2, 0.25) is 0 Å². The molecule has 0 aliphatic rings. The molecule has 1 atom stereocenters. The minimum absolute atomic E-state index is 0.176. The summed E-state index contributed by atoms with van der Waals surface area (Å²) in [6, 6.07) is 5.74. The monoisotopic (exact) mass is 348 g/mol. The summed E-state index contributed by atoms with van der Waals surface area (Å²) in [4.78, 5) is 12.7. The molecule has 0 N–H and O–H groups in total. The number of halogens is 1. The topological polar surface area (TPSA) is 46.4 Å². The number of hydrogen-bond acceptors (Lipinski definition) is 3. The standard InChI is InChI=1S/C12H17IN2O2/c1-4-9(3)14(5-2)10-6-7-12(15(16)17)11(13)8-10/h6-9H,4-5H2,1-3H3. The van der Waals surface area contributed by atoms with E-state index < -0.39 is 0 Å². The number of nitro groups is 1. The lowest BCUT2D eigenvalue weighted by Gasteiger charge is -2.29. The van der Waals surface area contributed by atoms with Crippen LogP contribution in [0.2, 0.25) is 0 Å². The van der Waals surface area contributed by atoms with Gasteiger partial charge in [-0.3, -0.25) is 10.1 Å². The van der Waals surface area contributed by atoms with Crippen molar-refractivity contribution in [2.75, 3.05) is 11.4 Å². The van der Waals surface area contributed by atoms with Crippen molar-refractivity contribution in [1.82, 2.24) is 0 Å². The molecule has 94 valence electrons. The quantitative estimate of drug-likeness (QED) is 0.462. The maximum Gasteiger partial charge on any atom is 0.282 e. The van der Waals surface area contributed by atoms with E-state index in [1.54, 1.807) is 6.07 Å². The summed E-state index contributed by atoms with van der Waals surface area (Å²) in [5, 5.41) is 10.7. The Morgan fingerprint density at radius 3 is 2.53 bits per heavy atom. The smallest absolute Gasteiger partial charge is 0.282 e. The highest BCUT2D eigenvalue weighted by molar-refractivity contribution is 14.1. The Bertz CT molecular complexity index is 409. The maximum absolute atomic E-state index is 10.7. The average Bonchev–Trinajstić information content (AvgIpc) is 2.29. The number of nitro benzene ring substituents is 1. The lowest BCUT2D eigenvalue weighted by molar-refractivity contribution is -0.385. The second-order valence-corrected chi connectivity index (χ2v) is 5.10. The van der Waals surface area contributed by atoms with Crippen LogP contribution in [-0.4, -0.2) is 17.5 Å². The van der Waals surface area contributed by atoms with Crippen LogP contribution < -0.4 is 4.90 Å². The first-order valence-corrected chi connectivity index (χ1v) is 6.79. The van der Waals surface area contributed by atoms with Gasteiger partial charge >= 0.3 is 0 Å². The SMILES string of the molecule is CCC(C)N(CC)c1ccc([N+](=O)[O-])c(I)c1. The fraction of sp³-hybridized carbons (Fsp3) is 0.500. The number of benzene rings is 1. The molecule has 0 spiro atoms. The van der Waals surface area contributed by atoms with Crippen LogP contribution in [0.3, 0.4) is 0 Å². The predicted octanol–water partition coefficient (Wildman–Crippen LogP) is 3.82. The highest BCUT2D eigenvalue weighted by atomic mass is 127. The molecule has 1 aromatic rings. The maximum atomic E-state index is 10.7. The Morgan fingerprint density at radius 1 is 1.47 bits per heavy atom. The lowest BCUT2D eigenvalue weighted by atomic mass is 10.2. The van der Waals surface area contributed by atoms with E-state index in [0.29, 0.717) is 9.61 Å². The van der Waals surface area contributed by atoms with Crippen LogP contribution in [0.4, 0.5) is 11.4 Å². The van der Waals surface area contributed by atoms with Crippen molar-refractivity contribution in [1.29, 1.82) is 0 Å². The van der Waals surface area contributed by atoms with Crippen LogP contribution in [0.15, 0.2) is 18.2 Å². The second kappa shape index (κ2) is 6.18. The molecule has 1 unspecified atom stereocenters. The molecule has 1 rings (SSSR count). The summed E-state index contributed by atoms with van der Waals surface area (Å²) in [6.45, 7) is 7.31. The number of anilines is 1. The zero-order chi connectivity index (χ0) is 13.0. The van der Waals surface area contributed by atoms with Gasteiger partial charge in [-0.15, -0.1) is 0 Å². The second-order valence-electron chi connectivity index (χ2n) is 3.94. The van der Waals surface area contributed by atoms with Crippen molar-refractivity contribution in [3.05, 3.63) is 31.9 Å². The van der Waals surface area contributed by atoms with Crippen molar-refractivity contribution in [3.63, 3.8) is 0 Å². The van der Waals surface area contributed by atoms with E-state index in [2.05, 4.69) is 25.7 Å².